The zero-order valence-electron chi connectivity index (χ0n) is 30.2. The number of fused-ring (bicyclic) bond motifs is 11. The van der Waals surface area contributed by atoms with Gasteiger partial charge >= 0.3 is 0 Å². The van der Waals surface area contributed by atoms with Gasteiger partial charge in [0.05, 0.1) is 22.1 Å². The van der Waals surface area contributed by atoms with E-state index in [4.69, 9.17) is 4.42 Å². The second kappa shape index (κ2) is 12.2. The van der Waals surface area contributed by atoms with Crippen LogP contribution in [0.4, 0.5) is 17.1 Å². The fourth-order valence-corrected chi connectivity index (χ4v) is 9.95. The van der Waals surface area contributed by atoms with Crippen LogP contribution in [0, 0.1) is 0 Å². The average molecular weight is 733 g/mol. The molecule has 4 heteroatoms. The lowest BCUT2D eigenvalue weighted by molar-refractivity contribution is 0.672. The SMILES string of the molecule is c1ccc2c(c1)ccc1c2oc2cccc(N(c3ccc(-c4ccc5c(c4)sc4ccccc45)cc3)c3ccc(-n4c5ccccc5c5ccccc54)cc3)c21. The fourth-order valence-electron chi connectivity index (χ4n) is 8.81. The van der Waals surface area contributed by atoms with Crippen molar-refractivity contribution in [2.75, 3.05) is 4.90 Å². The maximum Gasteiger partial charge on any atom is 0.143 e. The Kier molecular flexibility index (Phi) is 6.80. The zero-order chi connectivity index (χ0) is 36.7. The van der Waals surface area contributed by atoms with Crippen molar-refractivity contribution < 1.29 is 4.42 Å². The van der Waals surface area contributed by atoms with Gasteiger partial charge in [-0.2, -0.15) is 0 Å². The van der Waals surface area contributed by atoms with Crippen molar-refractivity contribution in [2.24, 2.45) is 0 Å². The standard InChI is InChI=1S/C52H32N2OS/c1-2-11-39-34(10-1)22-31-44-51-47(17-9-18-48(51)55-52(39)44)53(36-24-20-33(21-25-36)35-23-30-43-42-14-5-8-19-49(42)56-50(43)32-35)37-26-28-38(29-27-37)54-45-15-6-3-12-40(45)41-13-4-7-16-46(41)54/h1-32H. The van der Waals surface area contributed by atoms with Crippen molar-refractivity contribution in [1.29, 1.82) is 0 Å². The van der Waals surface area contributed by atoms with Crippen LogP contribution in [-0.2, 0) is 0 Å². The van der Waals surface area contributed by atoms with Crippen LogP contribution >= 0.6 is 11.3 Å². The highest BCUT2D eigenvalue weighted by atomic mass is 32.1. The Hall–Kier alpha value is -7.14. The number of hydrogen-bond donors (Lipinski definition) is 0. The summed E-state index contributed by atoms with van der Waals surface area (Å²) < 4.78 is 11.7. The van der Waals surface area contributed by atoms with Gasteiger partial charge in [-0.1, -0.05) is 115 Å². The molecule has 262 valence electrons. The van der Waals surface area contributed by atoms with E-state index in [1.165, 1.54) is 58.5 Å². The van der Waals surface area contributed by atoms with Crippen LogP contribution in [0.1, 0.15) is 0 Å². The van der Waals surface area contributed by atoms with Gasteiger partial charge in [0.2, 0.25) is 0 Å². The summed E-state index contributed by atoms with van der Waals surface area (Å²) in [5.41, 5.74) is 10.9. The van der Waals surface area contributed by atoms with E-state index in [0.717, 1.165) is 50.1 Å². The van der Waals surface area contributed by atoms with Crippen LogP contribution in [0.5, 0.6) is 0 Å². The van der Waals surface area contributed by atoms with E-state index in [0.29, 0.717) is 0 Å². The van der Waals surface area contributed by atoms with Gasteiger partial charge in [-0.15, -0.1) is 11.3 Å². The van der Waals surface area contributed by atoms with Gasteiger partial charge in [0.25, 0.3) is 0 Å². The van der Waals surface area contributed by atoms with E-state index < -0.39 is 0 Å². The van der Waals surface area contributed by atoms with E-state index in [1.54, 1.807) is 0 Å². The van der Waals surface area contributed by atoms with Gasteiger partial charge in [-0.25, -0.2) is 0 Å². The molecule has 56 heavy (non-hydrogen) atoms. The Labute approximate surface area is 326 Å². The number of nitrogens with zero attached hydrogens (tertiary/aromatic N) is 2. The normalized spacial score (nSPS) is 11.9. The Morgan fingerprint density at radius 2 is 1.04 bits per heavy atom. The third-order valence-corrected chi connectivity index (χ3v) is 12.5. The average Bonchev–Trinajstić information content (AvgIpc) is 3.94. The summed E-state index contributed by atoms with van der Waals surface area (Å²) in [4.78, 5) is 2.38. The summed E-state index contributed by atoms with van der Waals surface area (Å²) in [7, 11) is 0. The molecular weight excluding hydrogens is 701 g/mol. The number of thiophene rings is 1. The van der Waals surface area contributed by atoms with Gasteiger partial charge in [0.15, 0.2) is 0 Å². The molecule has 0 aliphatic heterocycles. The predicted molar refractivity (Wildman–Crippen MR) is 239 cm³/mol. The topological polar surface area (TPSA) is 21.3 Å². The number of para-hydroxylation sites is 2. The van der Waals surface area contributed by atoms with E-state index in [1.807, 2.05) is 11.3 Å². The molecule has 0 atom stereocenters. The van der Waals surface area contributed by atoms with Crippen molar-refractivity contribution in [3.8, 4) is 16.8 Å². The van der Waals surface area contributed by atoms with Crippen LogP contribution < -0.4 is 4.90 Å². The van der Waals surface area contributed by atoms with Gasteiger partial charge in [-0.3, -0.25) is 0 Å². The lowest BCUT2D eigenvalue weighted by Crippen LogP contribution is -2.10. The maximum absolute atomic E-state index is 6.68. The lowest BCUT2D eigenvalue weighted by atomic mass is 10.0. The zero-order valence-corrected chi connectivity index (χ0v) is 31.0. The Bertz CT molecular complexity index is 3420. The molecule has 0 fully saturated rings. The molecule has 0 aliphatic carbocycles. The third kappa shape index (κ3) is 4.70. The molecule has 0 aliphatic rings. The minimum Gasteiger partial charge on any atom is -0.455 e. The van der Waals surface area contributed by atoms with Crippen molar-refractivity contribution in [3.05, 3.63) is 194 Å². The highest BCUT2D eigenvalue weighted by Crippen LogP contribution is 2.45. The summed E-state index contributed by atoms with van der Waals surface area (Å²) in [6, 6.07) is 70.2. The molecule has 0 N–H and O–H groups in total. The smallest absolute Gasteiger partial charge is 0.143 e. The van der Waals surface area contributed by atoms with Crippen LogP contribution in [0.15, 0.2) is 199 Å². The first-order valence-electron chi connectivity index (χ1n) is 19.0. The molecule has 0 amide bonds. The van der Waals surface area contributed by atoms with E-state index in [-0.39, 0.29) is 0 Å². The number of hydrogen-bond acceptors (Lipinski definition) is 3. The quantitative estimate of drug-likeness (QED) is 0.176. The summed E-state index contributed by atoms with van der Waals surface area (Å²) >= 11 is 1.86. The molecule has 0 radical (unpaired) electrons. The predicted octanol–water partition coefficient (Wildman–Crippen LogP) is 15.3. The van der Waals surface area contributed by atoms with Crippen molar-refractivity contribution in [1.82, 2.24) is 4.57 Å². The van der Waals surface area contributed by atoms with E-state index in [2.05, 4.69) is 204 Å². The summed E-state index contributed by atoms with van der Waals surface area (Å²) in [6.45, 7) is 0. The third-order valence-electron chi connectivity index (χ3n) is 11.4. The molecule has 0 saturated heterocycles. The first-order valence-corrected chi connectivity index (χ1v) is 19.8. The number of rotatable bonds is 5. The van der Waals surface area contributed by atoms with Crippen LogP contribution in [0.3, 0.4) is 0 Å². The second-order valence-corrected chi connectivity index (χ2v) is 15.6. The number of furan rings is 1. The van der Waals surface area contributed by atoms with Gasteiger partial charge in [-0.05, 0) is 95.4 Å². The molecule has 3 nitrogen and oxygen atoms in total. The van der Waals surface area contributed by atoms with Gasteiger partial charge < -0.3 is 13.9 Å². The molecule has 0 bridgehead atoms. The summed E-state index contributed by atoms with van der Waals surface area (Å²) in [5, 5.41) is 9.64. The maximum atomic E-state index is 6.68. The molecule has 3 aromatic heterocycles. The lowest BCUT2D eigenvalue weighted by Gasteiger charge is -2.27. The van der Waals surface area contributed by atoms with Crippen molar-refractivity contribution in [3.63, 3.8) is 0 Å². The van der Waals surface area contributed by atoms with Gasteiger partial charge in [0, 0.05) is 58.8 Å². The van der Waals surface area contributed by atoms with Crippen LogP contribution in [0.25, 0.3) is 91.5 Å². The number of anilines is 3. The summed E-state index contributed by atoms with van der Waals surface area (Å²) in [6.07, 6.45) is 0. The highest BCUT2D eigenvalue weighted by Gasteiger charge is 2.21. The summed E-state index contributed by atoms with van der Waals surface area (Å²) in [5.74, 6) is 0. The van der Waals surface area contributed by atoms with Crippen LogP contribution in [-0.4, -0.2) is 4.57 Å². The molecule has 12 aromatic rings. The Balaban J connectivity index is 1.03. The number of benzene rings is 9. The Morgan fingerprint density at radius 3 is 1.80 bits per heavy atom. The fraction of sp³-hybridized carbons (Fsp3) is 0. The monoisotopic (exact) mass is 732 g/mol. The largest absolute Gasteiger partial charge is 0.455 e. The second-order valence-electron chi connectivity index (χ2n) is 14.5. The molecule has 0 unspecified atom stereocenters. The first-order chi connectivity index (χ1) is 27.8. The first kappa shape index (κ1) is 31.2. The molecule has 3 heterocycles. The molecule has 12 rings (SSSR count). The Morgan fingerprint density at radius 1 is 0.429 bits per heavy atom. The van der Waals surface area contributed by atoms with Crippen molar-refractivity contribution >= 4 is 103 Å². The number of aromatic nitrogens is 1. The molecule has 0 saturated carbocycles. The molecular formula is C52H32N2OS. The van der Waals surface area contributed by atoms with Crippen molar-refractivity contribution in [2.45, 2.75) is 0 Å². The highest BCUT2D eigenvalue weighted by molar-refractivity contribution is 7.25. The minimum atomic E-state index is 0.869. The molecule has 0 spiro atoms. The van der Waals surface area contributed by atoms with E-state index >= 15 is 0 Å². The van der Waals surface area contributed by atoms with E-state index in [9.17, 15) is 0 Å². The molecule has 9 aromatic carbocycles. The minimum absolute atomic E-state index is 0.869. The van der Waals surface area contributed by atoms with Gasteiger partial charge in [0.1, 0.15) is 11.2 Å². The van der Waals surface area contributed by atoms with Crippen LogP contribution in [0.2, 0.25) is 0 Å².